The van der Waals surface area contributed by atoms with Gasteiger partial charge in [0.1, 0.15) is 37.1 Å². The van der Waals surface area contributed by atoms with Crippen LogP contribution in [0.3, 0.4) is 0 Å². The molecule has 5 unspecified atom stereocenters. The normalized spacial score (nSPS) is 26.3. The molecule has 2 heterocycles. The van der Waals surface area contributed by atoms with Crippen LogP contribution in [-0.4, -0.2) is 67.5 Å². The Morgan fingerprint density at radius 3 is 2.34 bits per heavy atom. The van der Waals surface area contributed by atoms with Gasteiger partial charge in [-0.3, -0.25) is 9.59 Å². The van der Waals surface area contributed by atoms with E-state index in [9.17, 15) is 14.4 Å². The zero-order chi connectivity index (χ0) is 27.1. The molecule has 0 radical (unpaired) electrons. The maximum absolute atomic E-state index is 13.0. The van der Waals surface area contributed by atoms with E-state index in [1.807, 2.05) is 60.7 Å². The summed E-state index contributed by atoms with van der Waals surface area (Å²) >= 11 is 0. The molecule has 2 fully saturated rings. The number of benzene rings is 2. The quantitative estimate of drug-likeness (QED) is 0.476. The predicted octanol–water partition coefficient (Wildman–Crippen LogP) is 2.03. The minimum atomic E-state index is -0.957. The zero-order valence-electron chi connectivity index (χ0n) is 21.7. The van der Waals surface area contributed by atoms with Crippen LogP contribution in [0.4, 0.5) is 0 Å². The molecule has 10 nitrogen and oxygen atoms in total. The molecule has 0 aromatic heterocycles. The Morgan fingerprint density at radius 1 is 0.974 bits per heavy atom. The van der Waals surface area contributed by atoms with E-state index >= 15 is 0 Å². The highest BCUT2D eigenvalue weighted by Gasteiger charge is 2.47. The lowest BCUT2D eigenvalue weighted by atomic mass is 9.96. The lowest BCUT2D eigenvalue weighted by Crippen LogP contribution is -2.64. The Hall–Kier alpha value is -3.31. The van der Waals surface area contributed by atoms with Gasteiger partial charge in [0.2, 0.25) is 11.8 Å². The highest BCUT2D eigenvalue weighted by molar-refractivity contribution is 5.86. The average molecular weight is 527 g/mol. The standard InChI is InChI=1S/C28H34N2O8/c1-17(27(33)35-14-20-10-6-4-7-11-20)29-26(32)18(2)37-24-22(30-19(3)31)15-34-23-16-36-28(38-25(23)24)21-12-8-5-9-13-21/h4-13,17-18,22-25,28H,14-16H2,1-3H3,(H,29,32)(H,30,31)/t17-,18+,22?,23?,24?,25?,28?/m0/s1. The molecule has 4 rings (SSSR count). The van der Waals surface area contributed by atoms with E-state index in [1.165, 1.54) is 6.92 Å². The van der Waals surface area contributed by atoms with Crippen LogP contribution in [-0.2, 0) is 44.7 Å². The maximum atomic E-state index is 13.0. The van der Waals surface area contributed by atoms with Gasteiger partial charge in [-0.2, -0.15) is 0 Å². The molecule has 2 aliphatic heterocycles. The van der Waals surface area contributed by atoms with Crippen molar-refractivity contribution in [2.45, 2.75) is 70.2 Å². The molecule has 2 aromatic rings. The molecule has 7 atom stereocenters. The summed E-state index contributed by atoms with van der Waals surface area (Å²) in [5.41, 5.74) is 1.68. The SMILES string of the molecule is CC(=O)NC1COC2COC(c3ccccc3)OC2C1O[C@H](C)C(=O)N[C@@H](C)C(=O)OCc1ccccc1. The van der Waals surface area contributed by atoms with Crippen LogP contribution in [0.15, 0.2) is 60.7 Å². The summed E-state index contributed by atoms with van der Waals surface area (Å²) in [5.74, 6) is -1.32. The van der Waals surface area contributed by atoms with Crippen molar-refractivity contribution in [1.29, 1.82) is 0 Å². The molecule has 10 heteroatoms. The largest absolute Gasteiger partial charge is 0.459 e. The molecule has 38 heavy (non-hydrogen) atoms. The van der Waals surface area contributed by atoms with Crippen molar-refractivity contribution in [3.05, 3.63) is 71.8 Å². The summed E-state index contributed by atoms with van der Waals surface area (Å²) < 4.78 is 29.5. The van der Waals surface area contributed by atoms with Gasteiger partial charge in [0.05, 0.1) is 19.3 Å². The van der Waals surface area contributed by atoms with Crippen molar-refractivity contribution in [1.82, 2.24) is 10.6 Å². The third-order valence-corrected chi connectivity index (χ3v) is 6.40. The molecular weight excluding hydrogens is 492 g/mol. The van der Waals surface area contributed by atoms with E-state index in [0.717, 1.165) is 11.1 Å². The summed E-state index contributed by atoms with van der Waals surface area (Å²) in [6.45, 7) is 5.08. The Bertz CT molecular complexity index is 1080. The molecule has 0 aliphatic carbocycles. The molecule has 0 saturated carbocycles. The van der Waals surface area contributed by atoms with E-state index in [4.69, 9.17) is 23.7 Å². The molecule has 2 aromatic carbocycles. The van der Waals surface area contributed by atoms with Crippen LogP contribution >= 0.6 is 0 Å². The summed E-state index contributed by atoms with van der Waals surface area (Å²) in [4.78, 5) is 37.3. The second-order valence-corrected chi connectivity index (χ2v) is 9.42. The first-order valence-electron chi connectivity index (χ1n) is 12.7. The van der Waals surface area contributed by atoms with Crippen molar-refractivity contribution in [2.75, 3.05) is 13.2 Å². The molecule has 2 N–H and O–H groups in total. The van der Waals surface area contributed by atoms with Crippen molar-refractivity contribution in [3.8, 4) is 0 Å². The maximum Gasteiger partial charge on any atom is 0.328 e. The lowest BCUT2D eigenvalue weighted by Gasteiger charge is -2.47. The number of rotatable bonds is 9. The Kier molecular flexibility index (Phi) is 9.46. The second kappa shape index (κ2) is 13.0. The first-order valence-corrected chi connectivity index (χ1v) is 12.7. The van der Waals surface area contributed by atoms with Gasteiger partial charge >= 0.3 is 5.97 Å². The number of esters is 1. The van der Waals surface area contributed by atoms with E-state index in [2.05, 4.69) is 10.6 Å². The topological polar surface area (TPSA) is 121 Å². The van der Waals surface area contributed by atoms with Gasteiger partial charge in [-0.15, -0.1) is 0 Å². The number of hydrogen-bond donors (Lipinski definition) is 2. The molecule has 2 amide bonds. The second-order valence-electron chi connectivity index (χ2n) is 9.42. The minimum Gasteiger partial charge on any atom is -0.459 e. The fourth-order valence-electron chi connectivity index (χ4n) is 4.41. The molecule has 0 bridgehead atoms. The van der Waals surface area contributed by atoms with E-state index < -0.39 is 54.7 Å². The Morgan fingerprint density at radius 2 is 1.66 bits per heavy atom. The summed E-state index contributed by atoms with van der Waals surface area (Å²) in [5, 5.41) is 5.48. The number of ether oxygens (including phenoxy) is 5. The smallest absolute Gasteiger partial charge is 0.328 e. The number of fused-ring (bicyclic) bond motifs is 1. The molecule has 204 valence electrons. The van der Waals surface area contributed by atoms with Gasteiger partial charge in [-0.25, -0.2) is 4.79 Å². The average Bonchev–Trinajstić information content (AvgIpc) is 2.93. The molecular formula is C28H34N2O8. The number of carbonyl (C=O) groups excluding carboxylic acids is 3. The van der Waals surface area contributed by atoms with Crippen LogP contribution in [0.1, 0.15) is 38.2 Å². The first kappa shape index (κ1) is 27.7. The van der Waals surface area contributed by atoms with E-state index in [0.29, 0.717) is 0 Å². The third-order valence-electron chi connectivity index (χ3n) is 6.40. The van der Waals surface area contributed by atoms with Crippen molar-refractivity contribution >= 4 is 17.8 Å². The number of nitrogens with one attached hydrogen (secondary N) is 2. The van der Waals surface area contributed by atoms with Crippen LogP contribution in [0.2, 0.25) is 0 Å². The number of hydrogen-bond acceptors (Lipinski definition) is 8. The fraction of sp³-hybridized carbons (Fsp3) is 0.464. The minimum absolute atomic E-state index is 0.109. The third kappa shape index (κ3) is 7.16. The first-order chi connectivity index (χ1) is 18.3. The summed E-state index contributed by atoms with van der Waals surface area (Å²) in [6, 6.07) is 17.3. The lowest BCUT2D eigenvalue weighted by molar-refractivity contribution is -0.310. The van der Waals surface area contributed by atoms with Gasteiger partial charge < -0.3 is 34.3 Å². The number of carbonyl (C=O) groups is 3. The van der Waals surface area contributed by atoms with Crippen LogP contribution in [0, 0.1) is 0 Å². The predicted molar refractivity (Wildman–Crippen MR) is 136 cm³/mol. The van der Waals surface area contributed by atoms with Gasteiger partial charge in [-0.1, -0.05) is 60.7 Å². The molecule has 2 aliphatic rings. The van der Waals surface area contributed by atoms with Crippen molar-refractivity contribution in [3.63, 3.8) is 0 Å². The van der Waals surface area contributed by atoms with Crippen molar-refractivity contribution in [2.24, 2.45) is 0 Å². The number of amides is 2. The fourth-order valence-corrected chi connectivity index (χ4v) is 4.41. The van der Waals surface area contributed by atoms with Gasteiger partial charge in [0.15, 0.2) is 6.29 Å². The van der Waals surface area contributed by atoms with Gasteiger partial charge in [-0.05, 0) is 19.4 Å². The van der Waals surface area contributed by atoms with Gasteiger partial charge in [0, 0.05) is 12.5 Å². The molecule has 2 saturated heterocycles. The van der Waals surface area contributed by atoms with Crippen LogP contribution in [0.5, 0.6) is 0 Å². The zero-order valence-corrected chi connectivity index (χ0v) is 21.7. The summed E-state index contributed by atoms with van der Waals surface area (Å²) in [6.07, 6.45) is -3.35. The van der Waals surface area contributed by atoms with Crippen molar-refractivity contribution < 1.29 is 38.1 Å². The van der Waals surface area contributed by atoms with Crippen LogP contribution < -0.4 is 10.6 Å². The van der Waals surface area contributed by atoms with E-state index in [1.54, 1.807) is 13.8 Å². The molecule has 0 spiro atoms. The monoisotopic (exact) mass is 526 g/mol. The van der Waals surface area contributed by atoms with E-state index in [-0.39, 0.29) is 25.7 Å². The highest BCUT2D eigenvalue weighted by atomic mass is 16.7. The Balaban J connectivity index is 1.39. The summed E-state index contributed by atoms with van der Waals surface area (Å²) in [7, 11) is 0. The highest BCUT2D eigenvalue weighted by Crippen LogP contribution is 2.33. The van der Waals surface area contributed by atoms with Crippen LogP contribution in [0.25, 0.3) is 0 Å². The van der Waals surface area contributed by atoms with Gasteiger partial charge in [0.25, 0.3) is 0 Å². The Labute approximate surface area is 221 Å².